The van der Waals surface area contributed by atoms with Gasteiger partial charge in [-0.1, -0.05) is 18.2 Å². The van der Waals surface area contributed by atoms with Gasteiger partial charge in [0.25, 0.3) is 0 Å². The van der Waals surface area contributed by atoms with E-state index >= 15 is 0 Å². The molecule has 0 aliphatic heterocycles. The summed E-state index contributed by atoms with van der Waals surface area (Å²) in [6.07, 6.45) is 4.78. The Hall–Kier alpha value is -1.59. The van der Waals surface area contributed by atoms with Gasteiger partial charge < -0.3 is 16.4 Å². The monoisotopic (exact) mass is 325 g/mol. The molecule has 0 fully saturated rings. The first kappa shape index (κ1) is 18.5. The highest BCUT2D eigenvalue weighted by Crippen LogP contribution is 2.24. The molecule has 1 aliphatic rings. The summed E-state index contributed by atoms with van der Waals surface area (Å²) in [4.78, 5) is 22.8. The first-order chi connectivity index (χ1) is 10.1. The first-order valence-corrected chi connectivity index (χ1v) is 7.48. The lowest BCUT2D eigenvalue weighted by Gasteiger charge is -2.20. The molecular formula is C16H24ClN3O2. The van der Waals surface area contributed by atoms with Crippen LogP contribution in [0.5, 0.6) is 0 Å². The van der Waals surface area contributed by atoms with Gasteiger partial charge in [-0.15, -0.1) is 12.4 Å². The van der Waals surface area contributed by atoms with E-state index in [-0.39, 0.29) is 43.4 Å². The van der Waals surface area contributed by atoms with E-state index in [9.17, 15) is 9.59 Å². The lowest BCUT2D eigenvalue weighted by Crippen LogP contribution is -2.40. The van der Waals surface area contributed by atoms with Crippen LogP contribution < -0.4 is 16.4 Å². The average molecular weight is 326 g/mol. The largest absolute Gasteiger partial charge is 0.348 e. The molecule has 0 saturated heterocycles. The molecular weight excluding hydrogens is 302 g/mol. The Balaban J connectivity index is 0.00000242. The van der Waals surface area contributed by atoms with Crippen molar-refractivity contribution in [2.24, 2.45) is 5.73 Å². The van der Waals surface area contributed by atoms with Gasteiger partial charge in [0.2, 0.25) is 11.8 Å². The molecule has 1 atom stereocenters. The molecule has 1 aliphatic carbocycles. The van der Waals surface area contributed by atoms with Crippen molar-refractivity contribution < 1.29 is 9.59 Å². The minimum absolute atomic E-state index is 0. The van der Waals surface area contributed by atoms with Crippen molar-refractivity contribution in [1.29, 1.82) is 0 Å². The number of nitrogens with two attached hydrogens (primary N) is 1. The Morgan fingerprint density at radius 2 is 1.86 bits per heavy atom. The summed E-state index contributed by atoms with van der Waals surface area (Å²) in [7, 11) is 0. The lowest BCUT2D eigenvalue weighted by atomic mass is 9.89. The minimum Gasteiger partial charge on any atom is -0.348 e. The van der Waals surface area contributed by atoms with Crippen molar-refractivity contribution >= 4 is 24.2 Å². The molecule has 5 nitrogen and oxygen atoms in total. The summed E-state index contributed by atoms with van der Waals surface area (Å²) in [5, 5.41) is 5.35. The van der Waals surface area contributed by atoms with Gasteiger partial charge in [0, 0.05) is 0 Å². The predicted octanol–water partition coefficient (Wildman–Crippen LogP) is 1.24. The van der Waals surface area contributed by atoms with Crippen molar-refractivity contribution in [3.63, 3.8) is 0 Å². The molecule has 2 amide bonds. The van der Waals surface area contributed by atoms with Crippen LogP contribution in [0.3, 0.4) is 0 Å². The van der Waals surface area contributed by atoms with Gasteiger partial charge in [-0.3, -0.25) is 9.59 Å². The van der Waals surface area contributed by atoms with Crippen LogP contribution in [0.1, 0.15) is 42.5 Å². The van der Waals surface area contributed by atoms with Crippen molar-refractivity contribution in [2.45, 2.75) is 38.6 Å². The number of benzene rings is 1. The van der Waals surface area contributed by atoms with Crippen molar-refractivity contribution in [2.75, 3.05) is 13.1 Å². The summed E-state index contributed by atoms with van der Waals surface area (Å²) in [5.74, 6) is -0.534. The predicted molar refractivity (Wildman–Crippen MR) is 89.0 cm³/mol. The number of nitrogens with one attached hydrogen (secondary N) is 2. The zero-order chi connectivity index (χ0) is 15.2. The van der Waals surface area contributed by atoms with E-state index in [0.717, 1.165) is 18.4 Å². The number of halogens is 1. The fourth-order valence-corrected chi connectivity index (χ4v) is 2.65. The Labute approximate surface area is 137 Å². The SMILES string of the molecule is CC(NC(=O)CNC(=O)CN)c1ccc2c(c1)CCCC2.Cl. The standard InChI is InChI=1S/C16H23N3O2.ClH/c1-11(19-16(21)10-18-15(20)9-17)13-7-6-12-4-2-3-5-14(12)8-13;/h6-8,11H,2-5,9-10,17H2,1H3,(H,18,20)(H,19,21);1H. The van der Waals surface area contributed by atoms with Crippen LogP contribution in [-0.2, 0) is 22.4 Å². The molecule has 1 unspecified atom stereocenters. The number of amides is 2. The number of fused-ring (bicyclic) bond motifs is 1. The third-order valence-corrected chi connectivity index (χ3v) is 3.88. The Bertz CT molecular complexity index is 534. The van der Waals surface area contributed by atoms with Crippen LogP contribution in [0.2, 0.25) is 0 Å². The molecule has 2 rings (SSSR count). The quantitative estimate of drug-likeness (QED) is 0.761. The van der Waals surface area contributed by atoms with E-state index in [0.29, 0.717) is 0 Å². The Morgan fingerprint density at radius 3 is 2.55 bits per heavy atom. The maximum atomic E-state index is 11.8. The second kappa shape index (κ2) is 8.76. The highest BCUT2D eigenvalue weighted by Gasteiger charge is 2.14. The van der Waals surface area contributed by atoms with Crippen molar-refractivity contribution in [3.05, 3.63) is 34.9 Å². The van der Waals surface area contributed by atoms with Crippen molar-refractivity contribution in [1.82, 2.24) is 10.6 Å². The van der Waals surface area contributed by atoms with Crippen LogP contribution in [0, 0.1) is 0 Å². The first-order valence-electron chi connectivity index (χ1n) is 7.48. The van der Waals surface area contributed by atoms with Crippen LogP contribution in [0.15, 0.2) is 18.2 Å². The summed E-state index contributed by atoms with van der Waals surface area (Å²) < 4.78 is 0. The molecule has 0 heterocycles. The van der Waals surface area contributed by atoms with Gasteiger partial charge in [0.1, 0.15) is 0 Å². The minimum atomic E-state index is -0.327. The zero-order valence-corrected chi connectivity index (χ0v) is 13.7. The number of rotatable bonds is 5. The molecule has 0 aromatic heterocycles. The lowest BCUT2D eigenvalue weighted by molar-refractivity contribution is -0.125. The Kier molecular flexibility index (Phi) is 7.35. The molecule has 22 heavy (non-hydrogen) atoms. The van der Waals surface area contributed by atoms with Crippen molar-refractivity contribution in [3.8, 4) is 0 Å². The third-order valence-electron chi connectivity index (χ3n) is 3.88. The van der Waals surface area contributed by atoms with E-state index in [1.165, 1.54) is 24.0 Å². The van der Waals surface area contributed by atoms with Gasteiger partial charge >= 0.3 is 0 Å². The number of hydrogen-bond acceptors (Lipinski definition) is 3. The van der Waals surface area contributed by atoms with E-state index in [1.807, 2.05) is 6.92 Å². The van der Waals surface area contributed by atoms with Crippen LogP contribution in [0.4, 0.5) is 0 Å². The molecule has 6 heteroatoms. The second-order valence-electron chi connectivity index (χ2n) is 5.51. The maximum absolute atomic E-state index is 11.8. The van der Waals surface area contributed by atoms with Gasteiger partial charge in [-0.25, -0.2) is 0 Å². The van der Waals surface area contributed by atoms with E-state index in [2.05, 4.69) is 28.8 Å². The molecule has 4 N–H and O–H groups in total. The van der Waals surface area contributed by atoms with Gasteiger partial charge in [0.05, 0.1) is 19.1 Å². The second-order valence-corrected chi connectivity index (χ2v) is 5.51. The molecule has 0 bridgehead atoms. The van der Waals surface area contributed by atoms with Crippen LogP contribution >= 0.6 is 12.4 Å². The highest BCUT2D eigenvalue weighted by molar-refractivity contribution is 5.85. The summed E-state index contributed by atoms with van der Waals surface area (Å²) in [6.45, 7) is 1.81. The fraction of sp³-hybridized carbons (Fsp3) is 0.500. The van der Waals surface area contributed by atoms with Gasteiger partial charge in [-0.2, -0.15) is 0 Å². The Morgan fingerprint density at radius 1 is 1.18 bits per heavy atom. The summed E-state index contributed by atoms with van der Waals surface area (Å²) in [6, 6.07) is 6.37. The number of carbonyl (C=O) groups excluding carboxylic acids is 2. The van der Waals surface area contributed by atoms with E-state index < -0.39 is 0 Å². The topological polar surface area (TPSA) is 84.2 Å². The molecule has 1 aromatic carbocycles. The fourth-order valence-electron chi connectivity index (χ4n) is 2.65. The third kappa shape index (κ3) is 5.00. The molecule has 0 radical (unpaired) electrons. The number of hydrogen-bond donors (Lipinski definition) is 3. The smallest absolute Gasteiger partial charge is 0.239 e. The van der Waals surface area contributed by atoms with Gasteiger partial charge in [0.15, 0.2) is 0 Å². The average Bonchev–Trinajstić information content (AvgIpc) is 2.52. The normalized spacial score (nSPS) is 14.3. The van der Waals surface area contributed by atoms with Gasteiger partial charge in [-0.05, 0) is 49.3 Å². The number of carbonyl (C=O) groups is 2. The molecule has 0 spiro atoms. The summed E-state index contributed by atoms with van der Waals surface area (Å²) >= 11 is 0. The number of aryl methyl sites for hydroxylation is 2. The molecule has 122 valence electrons. The highest BCUT2D eigenvalue weighted by atomic mass is 35.5. The van der Waals surface area contributed by atoms with E-state index in [1.54, 1.807) is 0 Å². The van der Waals surface area contributed by atoms with E-state index in [4.69, 9.17) is 5.73 Å². The molecule has 0 saturated carbocycles. The van der Waals surface area contributed by atoms with Crippen LogP contribution in [-0.4, -0.2) is 24.9 Å². The summed E-state index contributed by atoms with van der Waals surface area (Å²) in [5.41, 5.74) is 9.11. The molecule has 1 aromatic rings. The maximum Gasteiger partial charge on any atom is 0.239 e. The van der Waals surface area contributed by atoms with Crippen LogP contribution in [0.25, 0.3) is 0 Å². The zero-order valence-electron chi connectivity index (χ0n) is 12.9.